The number of halogens is 3. The topological polar surface area (TPSA) is 12.5 Å². The summed E-state index contributed by atoms with van der Waals surface area (Å²) in [6.45, 7) is 3.41. The van der Waals surface area contributed by atoms with Crippen LogP contribution in [0.2, 0.25) is 0 Å². The summed E-state index contributed by atoms with van der Waals surface area (Å²) in [5.74, 6) is -1.35. The summed E-state index contributed by atoms with van der Waals surface area (Å²) in [7, 11) is 0. The van der Waals surface area contributed by atoms with E-state index < -0.39 is 11.3 Å². The van der Waals surface area contributed by atoms with Gasteiger partial charge in [0.05, 0.1) is 6.61 Å². The highest BCUT2D eigenvalue weighted by Gasteiger charge is 2.70. The molecule has 0 N–H and O–H groups in total. The summed E-state index contributed by atoms with van der Waals surface area (Å²) in [6, 6.07) is 6.43. The fourth-order valence-electron chi connectivity index (χ4n) is 3.81. The first kappa shape index (κ1) is 16.0. The maximum Gasteiger partial charge on any atom is 0.254 e. The second kappa shape index (κ2) is 5.64. The SMILES string of the molecule is Cl.FC1(F)CC12CCN(CCc1ccc3c(c1)CCO3)CC2. The second-order valence-electron chi connectivity index (χ2n) is 6.79. The van der Waals surface area contributed by atoms with Gasteiger partial charge in [0.2, 0.25) is 0 Å². The molecule has 2 heterocycles. The van der Waals surface area contributed by atoms with Gasteiger partial charge >= 0.3 is 0 Å². The summed E-state index contributed by atoms with van der Waals surface area (Å²) in [4.78, 5) is 2.34. The average Bonchev–Trinajstić information content (AvgIpc) is 2.84. The van der Waals surface area contributed by atoms with E-state index in [-0.39, 0.29) is 18.8 Å². The van der Waals surface area contributed by atoms with Crippen molar-refractivity contribution in [3.8, 4) is 5.75 Å². The summed E-state index contributed by atoms with van der Waals surface area (Å²) in [5.41, 5.74) is 2.01. The monoisotopic (exact) mass is 329 g/mol. The van der Waals surface area contributed by atoms with Gasteiger partial charge in [-0.3, -0.25) is 0 Å². The van der Waals surface area contributed by atoms with E-state index in [1.54, 1.807) is 0 Å². The molecule has 4 rings (SSSR count). The Morgan fingerprint density at radius 3 is 2.59 bits per heavy atom. The van der Waals surface area contributed by atoms with E-state index in [2.05, 4.69) is 23.1 Å². The fourth-order valence-corrected chi connectivity index (χ4v) is 3.81. The van der Waals surface area contributed by atoms with Gasteiger partial charge in [0.25, 0.3) is 5.92 Å². The van der Waals surface area contributed by atoms with Gasteiger partial charge in [-0.1, -0.05) is 12.1 Å². The van der Waals surface area contributed by atoms with Crippen molar-refractivity contribution < 1.29 is 13.5 Å². The zero-order valence-electron chi connectivity index (χ0n) is 12.6. The minimum Gasteiger partial charge on any atom is -0.493 e. The number of hydrogen-bond acceptors (Lipinski definition) is 2. The van der Waals surface area contributed by atoms with Gasteiger partial charge in [-0.05, 0) is 49.5 Å². The lowest BCUT2D eigenvalue weighted by Gasteiger charge is -2.32. The lowest BCUT2D eigenvalue weighted by molar-refractivity contribution is 0.0316. The summed E-state index contributed by atoms with van der Waals surface area (Å²) in [6.07, 6.45) is 3.45. The van der Waals surface area contributed by atoms with Crippen molar-refractivity contribution in [2.75, 3.05) is 26.2 Å². The number of nitrogens with zero attached hydrogens (tertiary/aromatic N) is 1. The van der Waals surface area contributed by atoms with E-state index >= 15 is 0 Å². The molecule has 0 aromatic heterocycles. The van der Waals surface area contributed by atoms with E-state index in [9.17, 15) is 8.78 Å². The van der Waals surface area contributed by atoms with Crippen LogP contribution in [0.25, 0.3) is 0 Å². The maximum absolute atomic E-state index is 13.3. The molecular formula is C17H22ClF2NO. The Morgan fingerprint density at radius 2 is 1.91 bits per heavy atom. The van der Waals surface area contributed by atoms with Gasteiger partial charge in [-0.25, -0.2) is 8.78 Å². The van der Waals surface area contributed by atoms with Gasteiger partial charge < -0.3 is 9.64 Å². The van der Waals surface area contributed by atoms with Crippen LogP contribution in [0.15, 0.2) is 18.2 Å². The third kappa shape index (κ3) is 2.71. The van der Waals surface area contributed by atoms with Crippen LogP contribution in [0.5, 0.6) is 5.75 Å². The van der Waals surface area contributed by atoms with Gasteiger partial charge in [0, 0.05) is 24.8 Å². The smallest absolute Gasteiger partial charge is 0.254 e. The molecule has 1 saturated carbocycles. The van der Waals surface area contributed by atoms with Crippen molar-refractivity contribution in [2.45, 2.75) is 38.0 Å². The molecule has 2 aliphatic heterocycles. The first-order chi connectivity index (χ1) is 10.1. The molecule has 0 atom stereocenters. The molecule has 0 bridgehead atoms. The molecule has 0 radical (unpaired) electrons. The number of fused-ring (bicyclic) bond motifs is 1. The lowest BCUT2D eigenvalue weighted by atomic mass is 9.92. The molecule has 1 aliphatic carbocycles. The van der Waals surface area contributed by atoms with Gasteiger partial charge in [-0.15, -0.1) is 12.4 Å². The Bertz CT molecular complexity index is 556. The first-order valence-electron chi connectivity index (χ1n) is 7.93. The molecule has 1 aromatic rings. The molecule has 1 spiro atoms. The predicted octanol–water partition coefficient (Wildman–Crippen LogP) is 3.71. The molecule has 0 unspecified atom stereocenters. The van der Waals surface area contributed by atoms with Crippen LogP contribution in [0.1, 0.15) is 30.4 Å². The summed E-state index contributed by atoms with van der Waals surface area (Å²) < 4.78 is 32.2. The van der Waals surface area contributed by atoms with Crippen molar-refractivity contribution in [3.05, 3.63) is 29.3 Å². The lowest BCUT2D eigenvalue weighted by Crippen LogP contribution is -2.37. The van der Waals surface area contributed by atoms with Crippen molar-refractivity contribution in [1.29, 1.82) is 0 Å². The summed E-state index contributed by atoms with van der Waals surface area (Å²) in [5, 5.41) is 0. The van der Waals surface area contributed by atoms with Crippen molar-refractivity contribution in [3.63, 3.8) is 0 Å². The number of alkyl halides is 2. The van der Waals surface area contributed by atoms with Crippen LogP contribution in [0.4, 0.5) is 8.78 Å². The van der Waals surface area contributed by atoms with Crippen LogP contribution in [-0.4, -0.2) is 37.1 Å². The van der Waals surface area contributed by atoms with E-state index in [1.807, 2.05) is 0 Å². The molecule has 2 nitrogen and oxygen atoms in total. The molecule has 1 aromatic carbocycles. The Hall–Kier alpha value is -0.870. The van der Waals surface area contributed by atoms with E-state index in [0.717, 1.165) is 44.8 Å². The maximum atomic E-state index is 13.3. The predicted molar refractivity (Wildman–Crippen MR) is 84.3 cm³/mol. The van der Waals surface area contributed by atoms with E-state index in [0.29, 0.717) is 12.8 Å². The van der Waals surface area contributed by atoms with E-state index in [1.165, 1.54) is 11.1 Å². The van der Waals surface area contributed by atoms with Crippen LogP contribution in [0.3, 0.4) is 0 Å². The Balaban J connectivity index is 0.00000144. The van der Waals surface area contributed by atoms with Gasteiger partial charge in [0.1, 0.15) is 5.75 Å². The highest BCUT2D eigenvalue weighted by Crippen LogP contribution is 2.65. The largest absolute Gasteiger partial charge is 0.493 e. The quantitative estimate of drug-likeness (QED) is 0.838. The minimum atomic E-state index is -2.38. The zero-order valence-corrected chi connectivity index (χ0v) is 13.4. The second-order valence-corrected chi connectivity index (χ2v) is 6.79. The number of ether oxygens (including phenoxy) is 1. The van der Waals surface area contributed by atoms with Crippen molar-refractivity contribution in [2.24, 2.45) is 5.41 Å². The Kier molecular flexibility index (Phi) is 4.11. The third-order valence-corrected chi connectivity index (χ3v) is 5.50. The molecule has 2 fully saturated rings. The van der Waals surface area contributed by atoms with Crippen molar-refractivity contribution >= 4 is 12.4 Å². The standard InChI is InChI=1S/C17H21F2NO.ClH/c18-17(19)12-16(17)5-8-20(9-6-16)7-3-13-1-2-15-14(11-13)4-10-21-15;/h1-2,11H,3-10,12H2;1H. The van der Waals surface area contributed by atoms with Gasteiger partial charge in [-0.2, -0.15) is 0 Å². The first-order valence-corrected chi connectivity index (χ1v) is 7.93. The van der Waals surface area contributed by atoms with Crippen LogP contribution in [0, 0.1) is 5.41 Å². The Morgan fingerprint density at radius 1 is 1.18 bits per heavy atom. The molecule has 5 heteroatoms. The van der Waals surface area contributed by atoms with E-state index in [4.69, 9.17) is 4.74 Å². The number of benzene rings is 1. The molecule has 22 heavy (non-hydrogen) atoms. The third-order valence-electron chi connectivity index (χ3n) is 5.50. The van der Waals surface area contributed by atoms with Crippen LogP contribution >= 0.6 is 12.4 Å². The zero-order chi connectivity index (χ0) is 14.5. The fraction of sp³-hybridized carbons (Fsp3) is 0.647. The molecule has 1 saturated heterocycles. The average molecular weight is 330 g/mol. The van der Waals surface area contributed by atoms with Crippen molar-refractivity contribution in [1.82, 2.24) is 4.90 Å². The highest BCUT2D eigenvalue weighted by molar-refractivity contribution is 5.85. The molecular weight excluding hydrogens is 308 g/mol. The number of likely N-dealkylation sites (tertiary alicyclic amines) is 1. The molecule has 0 amide bonds. The number of rotatable bonds is 3. The number of hydrogen-bond donors (Lipinski definition) is 0. The number of piperidine rings is 1. The molecule has 3 aliphatic rings. The Labute approximate surface area is 136 Å². The van der Waals surface area contributed by atoms with Crippen LogP contribution in [-0.2, 0) is 12.8 Å². The van der Waals surface area contributed by atoms with Gasteiger partial charge in [0.15, 0.2) is 0 Å². The minimum absolute atomic E-state index is 0. The normalized spacial score (nSPS) is 24.5. The molecule has 122 valence electrons. The highest BCUT2D eigenvalue weighted by atomic mass is 35.5. The van der Waals surface area contributed by atoms with Crippen LogP contribution < -0.4 is 4.74 Å². The summed E-state index contributed by atoms with van der Waals surface area (Å²) >= 11 is 0.